The van der Waals surface area contributed by atoms with E-state index in [4.69, 9.17) is 0 Å². The third-order valence-corrected chi connectivity index (χ3v) is 28.8. The molecule has 0 radical (unpaired) electrons. The third-order valence-electron chi connectivity index (χ3n) is 15.3. The van der Waals surface area contributed by atoms with Crippen molar-refractivity contribution in [3.63, 3.8) is 0 Å². The Balaban J connectivity index is 0.000000208. The zero-order chi connectivity index (χ0) is 31.9. The molecule has 0 aromatic rings. The van der Waals surface area contributed by atoms with Crippen molar-refractivity contribution < 1.29 is 20.4 Å². The molecule has 6 aliphatic rings. The molecule has 0 N–H and O–H groups in total. The van der Waals surface area contributed by atoms with Crippen LogP contribution in [0.15, 0.2) is 0 Å². The molecule has 6 rings (SSSR count). The topological polar surface area (TPSA) is 0 Å². The van der Waals surface area contributed by atoms with E-state index in [9.17, 15) is 0 Å². The van der Waals surface area contributed by atoms with Crippen molar-refractivity contribution in [3.05, 3.63) is 0 Å². The molecule has 0 heterocycles. The van der Waals surface area contributed by atoms with Crippen molar-refractivity contribution in [2.24, 2.45) is 0 Å². The van der Waals surface area contributed by atoms with Gasteiger partial charge < -0.3 is 0 Å². The van der Waals surface area contributed by atoms with Crippen LogP contribution in [0.5, 0.6) is 0 Å². The van der Waals surface area contributed by atoms with Gasteiger partial charge in [0.1, 0.15) is 0 Å². The van der Waals surface area contributed by atoms with Gasteiger partial charge in [0.25, 0.3) is 0 Å². The molecule has 0 aliphatic heterocycles. The fourth-order valence-corrected chi connectivity index (χ4v) is 28.6. The van der Waals surface area contributed by atoms with Crippen LogP contribution < -0.4 is 0 Å². The van der Waals surface area contributed by atoms with Crippen LogP contribution in [0, 0.1) is 0 Å². The molecule has 278 valence electrons. The minimum Gasteiger partial charge on any atom is -0.0652 e. The van der Waals surface area contributed by atoms with E-state index >= 15 is 0 Å². The van der Waals surface area contributed by atoms with Crippen LogP contribution in [0.2, 0.25) is 0 Å². The molecule has 3 heteroatoms. The number of hydrogen-bond acceptors (Lipinski definition) is 0. The van der Waals surface area contributed by atoms with Gasteiger partial charge >= 0.3 is 0 Å². The molecule has 47 heavy (non-hydrogen) atoms. The van der Waals surface area contributed by atoms with E-state index in [1.165, 1.54) is 46.8 Å². The van der Waals surface area contributed by atoms with Crippen LogP contribution >= 0.6 is 14.5 Å². The Morgan fingerprint density at radius 1 is 0.298 bits per heavy atom. The summed E-state index contributed by atoms with van der Waals surface area (Å²) in [6.45, 7) is 4.88. The Kier molecular flexibility index (Phi) is 19.8. The molecule has 0 aromatic carbocycles. The van der Waals surface area contributed by atoms with Crippen molar-refractivity contribution in [1.82, 2.24) is 0 Å². The average Bonchev–Trinajstić information content (AvgIpc) is 3.15. The molecule has 0 unspecified atom stereocenters. The molecule has 0 saturated heterocycles. The predicted molar refractivity (Wildman–Crippen MR) is 215 cm³/mol. The van der Waals surface area contributed by atoms with Crippen molar-refractivity contribution in [1.29, 1.82) is 0 Å². The summed E-state index contributed by atoms with van der Waals surface area (Å²) in [5.74, 6) is 0. The van der Waals surface area contributed by atoms with Gasteiger partial charge in [-0.2, -0.15) is 0 Å². The van der Waals surface area contributed by atoms with Crippen LogP contribution in [-0.2, 0) is 20.4 Å². The summed E-state index contributed by atoms with van der Waals surface area (Å²) in [6.07, 6.45) is 57.0. The molecule has 6 aliphatic carbocycles. The van der Waals surface area contributed by atoms with Crippen LogP contribution in [0.1, 0.15) is 232 Å². The fraction of sp³-hybridized carbons (Fsp3) is 1.00. The summed E-state index contributed by atoms with van der Waals surface area (Å²) >= 11 is 0. The van der Waals surface area contributed by atoms with Crippen molar-refractivity contribution in [3.8, 4) is 0 Å². The molecule has 0 bridgehead atoms. The van der Waals surface area contributed by atoms with Gasteiger partial charge in [-0.1, -0.05) is 65.2 Å². The predicted octanol–water partition coefficient (Wildman–Crippen LogP) is 15.6. The van der Waals surface area contributed by atoms with Crippen LogP contribution in [0.25, 0.3) is 0 Å². The van der Waals surface area contributed by atoms with Crippen LogP contribution in [-0.4, -0.2) is 46.3 Å². The van der Waals surface area contributed by atoms with Gasteiger partial charge in [-0.15, -0.1) is 0 Å². The summed E-state index contributed by atoms with van der Waals surface area (Å²) in [7, 11) is -1.48. The molecule has 0 nitrogen and oxygen atoms in total. The third kappa shape index (κ3) is 10.8. The Morgan fingerprint density at radius 3 is 0.617 bits per heavy atom. The summed E-state index contributed by atoms with van der Waals surface area (Å²) in [5.41, 5.74) is 7.22. The molecular weight excluding hydrogens is 697 g/mol. The van der Waals surface area contributed by atoms with Gasteiger partial charge in [0, 0.05) is 34.9 Å². The Hall–Kier alpha value is 1.52. The summed E-state index contributed by atoms with van der Waals surface area (Å²) < 4.78 is 0. The quantitative estimate of drug-likeness (QED) is 0.137. The maximum absolute atomic E-state index is 2.44. The van der Waals surface area contributed by atoms with Gasteiger partial charge in [-0.3, -0.25) is 0 Å². The maximum Gasteiger partial charge on any atom is 0.0703 e. The molecule has 0 amide bonds. The summed E-state index contributed by atoms with van der Waals surface area (Å²) in [4.78, 5) is 0. The van der Waals surface area contributed by atoms with Crippen molar-refractivity contribution in [2.75, 3.05) is 12.3 Å². The number of unbranched alkanes of at least 4 members (excludes halogenated alkanes) is 2. The van der Waals surface area contributed by atoms with E-state index in [-0.39, 0.29) is 20.4 Å². The largest absolute Gasteiger partial charge is 0.0703 e. The molecular formula is C44H84P2Pd+2. The zero-order valence-electron chi connectivity index (χ0n) is 32.1. The first-order valence-corrected chi connectivity index (χ1v) is 26.9. The standard InChI is InChI=1S/2C22H42P.Pd/c2*1-2-3-19-23(20-13-7-4-8-14-20,21-15-9-5-10-16-21)22-17-11-6-12-18-22;/h2*20-22H,2-19H2,1H3;/q2*+1;. The average molecular weight is 782 g/mol. The smallest absolute Gasteiger partial charge is 0.0652 e. The first-order valence-electron chi connectivity index (χ1n) is 22.5. The molecule has 0 aromatic heterocycles. The van der Waals surface area contributed by atoms with Gasteiger partial charge in [0.05, 0.1) is 46.3 Å². The van der Waals surface area contributed by atoms with Crippen molar-refractivity contribution in [2.45, 2.75) is 266 Å². The number of hydrogen-bond donors (Lipinski definition) is 0. The monoisotopic (exact) mass is 781 g/mol. The summed E-state index contributed by atoms with van der Waals surface area (Å²) in [6, 6.07) is 0. The maximum atomic E-state index is 2.44. The van der Waals surface area contributed by atoms with E-state index in [1.54, 1.807) is 218 Å². The van der Waals surface area contributed by atoms with E-state index in [0.717, 1.165) is 0 Å². The molecule has 0 atom stereocenters. The molecule has 6 saturated carbocycles. The summed E-state index contributed by atoms with van der Waals surface area (Å²) in [5, 5.41) is 0. The Bertz CT molecular complexity index is 620. The van der Waals surface area contributed by atoms with E-state index < -0.39 is 14.5 Å². The van der Waals surface area contributed by atoms with E-state index in [0.29, 0.717) is 0 Å². The normalized spacial score (nSPS) is 25.9. The van der Waals surface area contributed by atoms with Gasteiger partial charge in [0.2, 0.25) is 0 Å². The number of rotatable bonds is 12. The first kappa shape index (κ1) is 41.3. The second-order valence-corrected chi connectivity index (χ2v) is 27.2. The first-order chi connectivity index (χ1) is 22.8. The molecule has 6 fully saturated rings. The van der Waals surface area contributed by atoms with E-state index in [1.807, 2.05) is 0 Å². The zero-order valence-corrected chi connectivity index (χ0v) is 35.5. The van der Waals surface area contributed by atoms with Gasteiger partial charge in [-0.05, 0) is 167 Å². The molecule has 0 spiro atoms. The van der Waals surface area contributed by atoms with Crippen LogP contribution in [0.4, 0.5) is 0 Å². The van der Waals surface area contributed by atoms with Gasteiger partial charge in [0.15, 0.2) is 0 Å². The second-order valence-electron chi connectivity index (χ2n) is 17.9. The minimum atomic E-state index is -0.739. The SMILES string of the molecule is CCCC[P+](C1CCCCC1)(C1CCCCC1)C1CCCCC1.CCCC[P+](C1CCCCC1)(C1CCCCC1)C1CCCCC1.[Pd]. The fourth-order valence-electron chi connectivity index (χ4n) is 13.1. The van der Waals surface area contributed by atoms with Crippen molar-refractivity contribution >= 4 is 14.5 Å². The Morgan fingerprint density at radius 2 is 0.468 bits per heavy atom. The van der Waals surface area contributed by atoms with Gasteiger partial charge in [-0.25, -0.2) is 0 Å². The second kappa shape index (κ2) is 22.6. The Labute approximate surface area is 311 Å². The van der Waals surface area contributed by atoms with Crippen LogP contribution in [0.3, 0.4) is 0 Å². The van der Waals surface area contributed by atoms with E-state index in [2.05, 4.69) is 13.8 Å². The minimum absolute atomic E-state index is 0.